The van der Waals surface area contributed by atoms with Gasteiger partial charge in [0.15, 0.2) is 0 Å². The van der Waals surface area contributed by atoms with E-state index in [1.807, 2.05) is 0 Å². The zero-order chi connectivity index (χ0) is 12.6. The van der Waals surface area contributed by atoms with Crippen molar-refractivity contribution < 1.29 is 26.1 Å². The van der Waals surface area contributed by atoms with Gasteiger partial charge in [0.05, 0.1) is 5.56 Å². The minimum atomic E-state index is -5.36. The molecule has 0 aliphatic heterocycles. The molecule has 0 aromatic carbocycles. The summed E-state index contributed by atoms with van der Waals surface area (Å²) in [7, 11) is 0. The highest BCUT2D eigenvalue weighted by Gasteiger charge is 2.32. The largest absolute Gasteiger partial charge is 0.497 e. The van der Waals surface area contributed by atoms with Crippen molar-refractivity contribution in [3.05, 3.63) is 34.2 Å². The van der Waals surface area contributed by atoms with E-state index in [2.05, 4.69) is 0 Å². The van der Waals surface area contributed by atoms with E-state index in [-0.39, 0.29) is 10.8 Å². The Morgan fingerprint density at radius 1 is 1.19 bits per heavy atom. The van der Waals surface area contributed by atoms with Gasteiger partial charge in [-0.2, -0.15) is 13.2 Å². The summed E-state index contributed by atoms with van der Waals surface area (Å²) in [4.78, 5) is 10.9. The second-order valence-corrected chi connectivity index (χ2v) is 3.12. The fourth-order valence-electron chi connectivity index (χ4n) is 1.06. The summed E-state index contributed by atoms with van der Waals surface area (Å²) in [5, 5.41) is 0. The van der Waals surface area contributed by atoms with Gasteiger partial charge in [0.25, 0.3) is 0 Å². The van der Waals surface area contributed by atoms with Gasteiger partial charge in [0.1, 0.15) is 0 Å². The first kappa shape index (κ1) is 12.7. The van der Waals surface area contributed by atoms with Crippen LogP contribution in [0.3, 0.4) is 0 Å². The van der Waals surface area contributed by atoms with Crippen LogP contribution in [0.1, 0.15) is 5.56 Å². The fraction of sp³-hybridized carbons (Fsp3) is 0.286. The van der Waals surface area contributed by atoms with Crippen LogP contribution in [0, 0.1) is 0 Å². The van der Waals surface area contributed by atoms with Gasteiger partial charge in [-0.15, -0.1) is 0 Å². The maximum atomic E-state index is 12.1. The minimum absolute atomic E-state index is 0.00280. The third kappa shape index (κ3) is 3.32. The molecule has 0 radical (unpaired) electrons. The molecular weight excluding hydrogens is 239 g/mol. The molecule has 0 fully saturated rings. The second kappa shape index (κ2) is 3.87. The van der Waals surface area contributed by atoms with Crippen molar-refractivity contribution in [1.82, 2.24) is 4.57 Å². The lowest BCUT2D eigenvalue weighted by molar-refractivity contribution is -0.138. The van der Waals surface area contributed by atoms with Crippen molar-refractivity contribution in [2.45, 2.75) is 12.6 Å². The molecule has 0 saturated carbocycles. The zero-order valence-electron chi connectivity index (χ0n) is 7.64. The van der Waals surface area contributed by atoms with E-state index in [9.17, 15) is 30.9 Å². The Balaban J connectivity index is 3.15. The Morgan fingerprint density at radius 3 is 2.19 bits per heavy atom. The molecule has 2 nitrogen and oxygen atoms in total. The Bertz CT molecular complexity index is 434. The summed E-state index contributed by atoms with van der Waals surface area (Å²) in [6.45, 7) is -5.36. The summed E-state index contributed by atoms with van der Waals surface area (Å²) in [5.41, 5.74) is -2.40. The molecule has 0 atom stereocenters. The van der Waals surface area contributed by atoms with Gasteiger partial charge < -0.3 is 17.5 Å². The molecule has 90 valence electrons. The Labute approximate surface area is 85.6 Å². The molecule has 1 aromatic rings. The highest BCUT2D eigenvalue weighted by atomic mass is 19.4. The smallest absolute Gasteiger partial charge is 0.448 e. The molecule has 0 bridgehead atoms. The van der Waals surface area contributed by atoms with E-state index in [1.54, 1.807) is 0 Å². The van der Waals surface area contributed by atoms with Gasteiger partial charge in [-0.3, -0.25) is 4.79 Å². The molecule has 9 heteroatoms. The fourth-order valence-corrected chi connectivity index (χ4v) is 1.06. The molecular formula is C7H5BF6NO-. The maximum absolute atomic E-state index is 12.1. The first-order chi connectivity index (χ1) is 7.09. The van der Waals surface area contributed by atoms with Crippen molar-refractivity contribution >= 4 is 6.98 Å². The lowest BCUT2D eigenvalue weighted by Crippen LogP contribution is -2.32. The standard InChI is InChI=1S/C7H5BF6NO/c9-7(10,11)5-1-2-6(16)15(3-5)4-8(12,13)14/h1-3H,4H2/q-1. The Hall–Kier alpha value is -1.41. The number of rotatable bonds is 2. The SMILES string of the molecule is O=c1ccc(C(F)(F)F)cn1C[B-](F)(F)F. The number of alkyl halides is 3. The van der Waals surface area contributed by atoms with E-state index in [4.69, 9.17) is 0 Å². The summed E-state index contributed by atoms with van der Waals surface area (Å²) in [5.74, 6) is 0. The number of hydrogen-bond acceptors (Lipinski definition) is 1. The third-order valence-corrected chi connectivity index (χ3v) is 1.71. The summed E-state index contributed by atoms with van der Waals surface area (Å²) < 4.78 is 72.3. The summed E-state index contributed by atoms with van der Waals surface area (Å²) in [6.07, 6.45) is -6.28. The van der Waals surface area contributed by atoms with Crippen LogP contribution < -0.4 is 5.56 Å². The molecule has 0 spiro atoms. The monoisotopic (exact) mass is 244 g/mol. The summed E-state index contributed by atoms with van der Waals surface area (Å²) in [6, 6.07) is 0.910. The molecule has 0 N–H and O–H groups in total. The summed E-state index contributed by atoms with van der Waals surface area (Å²) >= 11 is 0. The third-order valence-electron chi connectivity index (χ3n) is 1.71. The number of pyridine rings is 1. The van der Waals surface area contributed by atoms with Crippen LogP contribution >= 0.6 is 0 Å². The average Bonchev–Trinajstić information content (AvgIpc) is 2.04. The predicted molar refractivity (Wildman–Crippen MR) is 44.8 cm³/mol. The molecule has 0 aliphatic rings. The number of nitrogens with zero attached hydrogens (tertiary/aromatic N) is 1. The second-order valence-electron chi connectivity index (χ2n) is 3.12. The molecule has 1 rings (SSSR count). The number of aromatic nitrogens is 1. The topological polar surface area (TPSA) is 22.0 Å². The lowest BCUT2D eigenvalue weighted by Gasteiger charge is -2.16. The van der Waals surface area contributed by atoms with E-state index in [1.165, 1.54) is 0 Å². The van der Waals surface area contributed by atoms with E-state index in [0.29, 0.717) is 12.1 Å². The molecule has 1 aromatic heterocycles. The molecule has 1 heterocycles. The number of halogens is 6. The van der Waals surface area contributed by atoms with E-state index < -0.39 is 30.7 Å². The van der Waals surface area contributed by atoms with Gasteiger partial charge in [0.2, 0.25) is 5.56 Å². The number of hydrogen-bond donors (Lipinski definition) is 0. The van der Waals surface area contributed by atoms with Crippen LogP contribution in [0.2, 0.25) is 0 Å². The Morgan fingerprint density at radius 2 is 1.75 bits per heavy atom. The highest BCUT2D eigenvalue weighted by molar-refractivity contribution is 6.57. The average molecular weight is 244 g/mol. The minimum Gasteiger partial charge on any atom is -0.448 e. The maximum Gasteiger partial charge on any atom is 0.497 e. The van der Waals surface area contributed by atoms with Crippen LogP contribution in [-0.4, -0.2) is 11.5 Å². The van der Waals surface area contributed by atoms with Crippen molar-refractivity contribution in [3.8, 4) is 0 Å². The van der Waals surface area contributed by atoms with Gasteiger partial charge >= 0.3 is 13.2 Å². The van der Waals surface area contributed by atoms with Crippen LogP contribution in [0.4, 0.5) is 26.1 Å². The van der Waals surface area contributed by atoms with Crippen molar-refractivity contribution in [1.29, 1.82) is 0 Å². The van der Waals surface area contributed by atoms with Crippen LogP contribution in [-0.2, 0) is 12.6 Å². The van der Waals surface area contributed by atoms with E-state index in [0.717, 1.165) is 0 Å². The first-order valence-corrected chi connectivity index (χ1v) is 4.08. The van der Waals surface area contributed by atoms with Gasteiger partial charge in [-0.1, -0.05) is 0 Å². The van der Waals surface area contributed by atoms with E-state index >= 15 is 0 Å². The molecule has 0 aliphatic carbocycles. The van der Waals surface area contributed by atoms with Crippen molar-refractivity contribution in [3.63, 3.8) is 0 Å². The molecule has 0 unspecified atom stereocenters. The lowest BCUT2D eigenvalue weighted by atomic mass is 9.92. The first-order valence-electron chi connectivity index (χ1n) is 4.08. The van der Waals surface area contributed by atoms with Gasteiger partial charge in [0, 0.05) is 12.3 Å². The van der Waals surface area contributed by atoms with Crippen LogP contribution in [0.15, 0.2) is 23.1 Å². The van der Waals surface area contributed by atoms with Crippen molar-refractivity contribution in [2.24, 2.45) is 0 Å². The van der Waals surface area contributed by atoms with Crippen LogP contribution in [0.25, 0.3) is 0 Å². The molecule has 0 amide bonds. The Kier molecular flexibility index (Phi) is 3.07. The normalized spacial score (nSPS) is 12.9. The zero-order valence-corrected chi connectivity index (χ0v) is 7.64. The molecule has 0 saturated heterocycles. The highest BCUT2D eigenvalue weighted by Crippen LogP contribution is 2.28. The van der Waals surface area contributed by atoms with Gasteiger partial charge in [-0.25, -0.2) is 0 Å². The predicted octanol–water partition coefficient (Wildman–Crippen LogP) is 2.25. The quantitative estimate of drug-likeness (QED) is 0.577. The molecule has 16 heavy (non-hydrogen) atoms. The van der Waals surface area contributed by atoms with Crippen molar-refractivity contribution in [2.75, 3.05) is 0 Å². The van der Waals surface area contributed by atoms with Crippen LogP contribution in [0.5, 0.6) is 0 Å². The van der Waals surface area contributed by atoms with Gasteiger partial charge in [-0.05, 0) is 12.5 Å².